The molecule has 2 heterocycles. The molecule has 0 bridgehead atoms. The molecule has 2 rings (SSSR count). The molecule has 0 aliphatic carbocycles. The highest BCUT2D eigenvalue weighted by Gasteiger charge is 2.40. The summed E-state index contributed by atoms with van der Waals surface area (Å²) in [5.41, 5.74) is 0. The Bertz CT molecular complexity index is 319. The Morgan fingerprint density at radius 2 is 2.18 bits per heavy atom. The number of rotatable bonds is 2. The number of Topliss-reactive ketones (excluding diaryl/α,β-unsaturated/α-hetero) is 1. The van der Waals surface area contributed by atoms with Crippen LogP contribution >= 0.6 is 0 Å². The Morgan fingerprint density at radius 3 is 2.82 bits per heavy atom. The lowest BCUT2D eigenvalue weighted by molar-refractivity contribution is -0.144. The first-order valence-corrected chi connectivity index (χ1v) is 6.35. The van der Waals surface area contributed by atoms with Crippen LogP contribution in [0.2, 0.25) is 0 Å². The maximum absolute atomic E-state index is 12.4. The number of carbonyl (C=O) groups excluding carboxylic acids is 2. The number of amides is 1. The number of ketones is 1. The molecular weight excluding hydrogens is 218 g/mol. The van der Waals surface area contributed by atoms with Gasteiger partial charge in [0.2, 0.25) is 5.91 Å². The van der Waals surface area contributed by atoms with Crippen molar-refractivity contribution in [3.05, 3.63) is 0 Å². The van der Waals surface area contributed by atoms with Gasteiger partial charge in [0.05, 0.1) is 12.1 Å². The zero-order valence-electron chi connectivity index (χ0n) is 10.5. The SMILES string of the molecule is CN[C@H]1CNCC2CCC[C@@H](C(C)=O)N2C1=O. The second-order valence-electron chi connectivity index (χ2n) is 4.96. The molecule has 0 aromatic heterocycles. The number of hydrogen-bond acceptors (Lipinski definition) is 4. The van der Waals surface area contributed by atoms with E-state index in [1.54, 1.807) is 14.0 Å². The topological polar surface area (TPSA) is 61.4 Å². The van der Waals surface area contributed by atoms with E-state index in [0.717, 1.165) is 25.8 Å². The fourth-order valence-corrected chi connectivity index (χ4v) is 2.90. The van der Waals surface area contributed by atoms with E-state index in [-0.39, 0.29) is 29.8 Å². The molecule has 1 unspecified atom stereocenters. The van der Waals surface area contributed by atoms with Gasteiger partial charge in [0, 0.05) is 19.1 Å². The van der Waals surface area contributed by atoms with E-state index in [1.807, 2.05) is 4.90 Å². The van der Waals surface area contributed by atoms with Gasteiger partial charge in [0.15, 0.2) is 5.78 Å². The van der Waals surface area contributed by atoms with E-state index in [4.69, 9.17) is 0 Å². The molecule has 2 saturated heterocycles. The van der Waals surface area contributed by atoms with Crippen molar-refractivity contribution in [3.63, 3.8) is 0 Å². The van der Waals surface area contributed by atoms with Crippen LogP contribution in [-0.4, -0.2) is 54.9 Å². The predicted molar refractivity (Wildman–Crippen MR) is 64.7 cm³/mol. The average molecular weight is 239 g/mol. The molecule has 0 radical (unpaired) electrons. The summed E-state index contributed by atoms with van der Waals surface area (Å²) in [6.45, 7) is 3.04. The first kappa shape index (κ1) is 12.5. The maximum Gasteiger partial charge on any atom is 0.241 e. The minimum absolute atomic E-state index is 0.0717. The molecule has 0 aromatic carbocycles. The van der Waals surface area contributed by atoms with Gasteiger partial charge in [-0.3, -0.25) is 9.59 Å². The van der Waals surface area contributed by atoms with Gasteiger partial charge in [-0.25, -0.2) is 0 Å². The molecule has 2 N–H and O–H groups in total. The Balaban J connectivity index is 2.24. The van der Waals surface area contributed by atoms with E-state index in [0.29, 0.717) is 6.54 Å². The van der Waals surface area contributed by atoms with Gasteiger partial charge in [-0.15, -0.1) is 0 Å². The van der Waals surface area contributed by atoms with Gasteiger partial charge >= 0.3 is 0 Å². The van der Waals surface area contributed by atoms with E-state index in [2.05, 4.69) is 10.6 Å². The Kier molecular flexibility index (Phi) is 3.79. The molecule has 5 heteroatoms. The molecule has 0 saturated carbocycles. The van der Waals surface area contributed by atoms with Crippen molar-refractivity contribution in [3.8, 4) is 0 Å². The normalized spacial score (nSPS) is 34.1. The quantitative estimate of drug-likeness (QED) is 0.683. The third kappa shape index (κ3) is 2.35. The van der Waals surface area contributed by atoms with E-state index < -0.39 is 0 Å². The van der Waals surface area contributed by atoms with Crippen molar-refractivity contribution in [2.24, 2.45) is 0 Å². The van der Waals surface area contributed by atoms with Crippen LogP contribution in [0, 0.1) is 0 Å². The van der Waals surface area contributed by atoms with E-state index in [9.17, 15) is 9.59 Å². The van der Waals surface area contributed by atoms with Crippen LogP contribution in [0.4, 0.5) is 0 Å². The summed E-state index contributed by atoms with van der Waals surface area (Å²) in [7, 11) is 1.79. The van der Waals surface area contributed by atoms with Gasteiger partial charge in [-0.1, -0.05) is 0 Å². The van der Waals surface area contributed by atoms with Gasteiger partial charge in [0.25, 0.3) is 0 Å². The molecule has 5 nitrogen and oxygen atoms in total. The molecule has 2 aliphatic rings. The lowest BCUT2D eigenvalue weighted by Gasteiger charge is -2.40. The summed E-state index contributed by atoms with van der Waals surface area (Å²) in [6.07, 6.45) is 2.84. The summed E-state index contributed by atoms with van der Waals surface area (Å²) in [5.74, 6) is 0.183. The lowest BCUT2D eigenvalue weighted by Crippen LogP contribution is -2.57. The summed E-state index contributed by atoms with van der Waals surface area (Å²) >= 11 is 0. The van der Waals surface area contributed by atoms with E-state index >= 15 is 0 Å². The molecule has 1 amide bonds. The minimum Gasteiger partial charge on any atom is -0.327 e. The first-order valence-electron chi connectivity index (χ1n) is 6.35. The van der Waals surface area contributed by atoms with Crippen molar-refractivity contribution in [2.75, 3.05) is 20.1 Å². The molecule has 17 heavy (non-hydrogen) atoms. The van der Waals surface area contributed by atoms with E-state index in [1.165, 1.54) is 0 Å². The first-order chi connectivity index (χ1) is 8.15. The highest BCUT2D eigenvalue weighted by molar-refractivity contribution is 5.90. The van der Waals surface area contributed by atoms with Crippen LogP contribution in [0.15, 0.2) is 0 Å². The Hall–Kier alpha value is -0.940. The number of nitrogens with zero attached hydrogens (tertiary/aromatic N) is 1. The maximum atomic E-state index is 12.4. The molecule has 0 spiro atoms. The smallest absolute Gasteiger partial charge is 0.241 e. The van der Waals surface area contributed by atoms with Crippen LogP contribution in [0.1, 0.15) is 26.2 Å². The predicted octanol–water partition coefficient (Wildman–Crippen LogP) is -0.484. The van der Waals surface area contributed by atoms with Gasteiger partial charge in [0.1, 0.15) is 0 Å². The zero-order valence-corrected chi connectivity index (χ0v) is 10.5. The summed E-state index contributed by atoms with van der Waals surface area (Å²) in [4.78, 5) is 25.9. The monoisotopic (exact) mass is 239 g/mol. The largest absolute Gasteiger partial charge is 0.327 e. The number of hydrogen-bond donors (Lipinski definition) is 2. The minimum atomic E-state index is -0.211. The number of carbonyl (C=O) groups is 2. The molecule has 2 aliphatic heterocycles. The van der Waals surface area contributed by atoms with Gasteiger partial charge in [-0.05, 0) is 33.2 Å². The molecular formula is C12H21N3O2. The van der Waals surface area contributed by atoms with Crippen molar-refractivity contribution >= 4 is 11.7 Å². The second-order valence-corrected chi connectivity index (χ2v) is 4.96. The van der Waals surface area contributed by atoms with Crippen molar-refractivity contribution < 1.29 is 9.59 Å². The molecule has 2 fully saturated rings. The fourth-order valence-electron chi connectivity index (χ4n) is 2.90. The van der Waals surface area contributed by atoms with Crippen LogP contribution in [0.5, 0.6) is 0 Å². The Labute approximate surface area is 102 Å². The van der Waals surface area contributed by atoms with Crippen LogP contribution < -0.4 is 10.6 Å². The van der Waals surface area contributed by atoms with Crippen molar-refractivity contribution in [1.29, 1.82) is 0 Å². The lowest BCUT2D eigenvalue weighted by atomic mass is 9.93. The number of piperidine rings is 1. The third-order valence-corrected chi connectivity index (χ3v) is 3.84. The summed E-state index contributed by atoms with van der Waals surface area (Å²) in [5, 5.41) is 6.32. The highest BCUT2D eigenvalue weighted by Crippen LogP contribution is 2.25. The van der Waals surface area contributed by atoms with Crippen LogP contribution in [0.25, 0.3) is 0 Å². The van der Waals surface area contributed by atoms with Crippen molar-refractivity contribution in [1.82, 2.24) is 15.5 Å². The van der Waals surface area contributed by atoms with Crippen molar-refractivity contribution in [2.45, 2.75) is 44.3 Å². The van der Waals surface area contributed by atoms with Crippen LogP contribution in [-0.2, 0) is 9.59 Å². The zero-order chi connectivity index (χ0) is 12.4. The highest BCUT2D eigenvalue weighted by atomic mass is 16.2. The third-order valence-electron chi connectivity index (χ3n) is 3.84. The number of nitrogens with one attached hydrogen (secondary N) is 2. The summed E-state index contributed by atoms with van der Waals surface area (Å²) < 4.78 is 0. The van der Waals surface area contributed by atoms with Gasteiger partial charge < -0.3 is 15.5 Å². The molecule has 3 atom stereocenters. The second kappa shape index (κ2) is 5.14. The average Bonchev–Trinajstić information content (AvgIpc) is 2.48. The van der Waals surface area contributed by atoms with Gasteiger partial charge in [-0.2, -0.15) is 0 Å². The Morgan fingerprint density at radius 1 is 1.41 bits per heavy atom. The molecule has 96 valence electrons. The standard InChI is InChI=1S/C12H21N3O2/c1-8(16)11-5-3-4-9-6-14-7-10(13-2)12(17)15(9)11/h9-11,13-14H,3-7H2,1-2H3/t9?,10-,11-/m0/s1. The number of likely N-dealkylation sites (N-methyl/N-ethyl adjacent to an activating group) is 1. The summed E-state index contributed by atoms with van der Waals surface area (Å²) in [6, 6.07) is -0.236. The number of fused-ring (bicyclic) bond motifs is 1. The fraction of sp³-hybridized carbons (Fsp3) is 0.833. The van der Waals surface area contributed by atoms with Crippen LogP contribution in [0.3, 0.4) is 0 Å². The molecule has 0 aromatic rings.